The van der Waals surface area contributed by atoms with Gasteiger partial charge in [-0.05, 0) is 50.5 Å². The van der Waals surface area contributed by atoms with Crippen molar-refractivity contribution in [2.24, 2.45) is 0 Å². The van der Waals surface area contributed by atoms with E-state index in [4.69, 9.17) is 9.15 Å². The number of carbonyl (C=O) groups excluding carboxylic acids is 1. The number of rotatable bonds is 7. The molecule has 3 aromatic rings. The monoisotopic (exact) mass is 432 g/mol. The molecule has 0 aliphatic heterocycles. The van der Waals surface area contributed by atoms with Gasteiger partial charge in [0.15, 0.2) is 5.58 Å². The fourth-order valence-electron chi connectivity index (χ4n) is 3.29. The topological polar surface area (TPSA) is 108 Å². The van der Waals surface area contributed by atoms with Gasteiger partial charge in [-0.1, -0.05) is 24.6 Å². The summed E-state index contributed by atoms with van der Waals surface area (Å²) in [7, 11) is -3.91. The lowest BCUT2D eigenvalue weighted by Gasteiger charge is -2.14. The summed E-state index contributed by atoms with van der Waals surface area (Å²) in [6, 6.07) is 7.87. The first-order valence-corrected chi connectivity index (χ1v) is 11.0. The minimum atomic E-state index is -3.91. The van der Waals surface area contributed by atoms with Crippen LogP contribution in [0.2, 0.25) is 0 Å². The number of hydrogen-bond acceptors (Lipinski definition) is 6. The van der Waals surface area contributed by atoms with Crippen molar-refractivity contribution >= 4 is 32.8 Å². The Kier molecular flexibility index (Phi) is 6.02. The number of carbonyl (C=O) groups is 1. The first-order valence-electron chi connectivity index (χ1n) is 9.52. The Morgan fingerprint density at radius 3 is 2.43 bits per heavy atom. The molecular formula is C21H24N2O6S. The largest absolute Gasteiger partial charge is 0.464 e. The predicted molar refractivity (Wildman–Crippen MR) is 113 cm³/mol. The number of anilines is 1. The number of ether oxygens (including phenoxy) is 1. The number of esters is 1. The second kappa shape index (κ2) is 8.35. The zero-order valence-corrected chi connectivity index (χ0v) is 18.1. The van der Waals surface area contributed by atoms with Gasteiger partial charge in [-0.2, -0.15) is 0 Å². The highest BCUT2D eigenvalue weighted by molar-refractivity contribution is 7.92. The third-order valence-electron chi connectivity index (χ3n) is 4.62. The van der Waals surface area contributed by atoms with Gasteiger partial charge in [0.05, 0.1) is 22.7 Å². The molecule has 0 saturated heterocycles. The van der Waals surface area contributed by atoms with Gasteiger partial charge >= 0.3 is 11.7 Å². The molecular weight excluding hydrogens is 408 g/mol. The van der Waals surface area contributed by atoms with E-state index in [9.17, 15) is 18.0 Å². The number of nitrogens with zero attached hydrogens (tertiary/aromatic N) is 1. The molecule has 0 unspecified atom stereocenters. The van der Waals surface area contributed by atoms with E-state index in [0.717, 1.165) is 21.3 Å². The van der Waals surface area contributed by atoms with Crippen LogP contribution >= 0.6 is 0 Å². The molecule has 1 N–H and O–H groups in total. The number of sulfonamides is 1. The summed E-state index contributed by atoms with van der Waals surface area (Å²) in [5.74, 6) is -1.32. The molecule has 0 bridgehead atoms. The molecule has 0 amide bonds. The Labute approximate surface area is 174 Å². The van der Waals surface area contributed by atoms with E-state index in [1.807, 2.05) is 39.8 Å². The maximum absolute atomic E-state index is 12.9. The molecule has 0 atom stereocenters. The van der Waals surface area contributed by atoms with E-state index in [0.29, 0.717) is 17.6 Å². The fourth-order valence-corrected chi connectivity index (χ4v) is 4.51. The van der Waals surface area contributed by atoms with Gasteiger partial charge in [0.2, 0.25) is 0 Å². The van der Waals surface area contributed by atoms with Gasteiger partial charge < -0.3 is 9.15 Å². The Morgan fingerprint density at radius 1 is 1.13 bits per heavy atom. The van der Waals surface area contributed by atoms with E-state index in [1.54, 1.807) is 0 Å². The molecule has 30 heavy (non-hydrogen) atoms. The van der Waals surface area contributed by atoms with E-state index in [1.165, 1.54) is 18.2 Å². The lowest BCUT2D eigenvalue weighted by Crippen LogP contribution is -2.21. The van der Waals surface area contributed by atoms with E-state index < -0.39 is 21.7 Å². The zero-order valence-electron chi connectivity index (χ0n) is 17.3. The summed E-state index contributed by atoms with van der Waals surface area (Å²) in [5.41, 5.74) is 3.55. The summed E-state index contributed by atoms with van der Waals surface area (Å²) in [6.07, 6.45) is 0.668. The second-order valence-corrected chi connectivity index (χ2v) is 8.87. The maximum Gasteiger partial charge on any atom is 0.420 e. The van der Waals surface area contributed by atoms with Crippen LogP contribution in [-0.4, -0.2) is 25.6 Å². The van der Waals surface area contributed by atoms with Crippen molar-refractivity contribution in [1.82, 2.24) is 4.57 Å². The first-order chi connectivity index (χ1) is 14.1. The highest BCUT2D eigenvalue weighted by atomic mass is 32.2. The third-order valence-corrected chi connectivity index (χ3v) is 5.97. The van der Waals surface area contributed by atoms with Crippen molar-refractivity contribution in [2.45, 2.75) is 45.6 Å². The van der Waals surface area contributed by atoms with Crippen LogP contribution in [0.15, 0.2) is 44.4 Å². The molecule has 0 radical (unpaired) electrons. The van der Waals surface area contributed by atoms with E-state index in [-0.39, 0.29) is 23.6 Å². The smallest absolute Gasteiger partial charge is 0.420 e. The number of aryl methyl sites for hydroxylation is 3. The van der Waals surface area contributed by atoms with Crippen LogP contribution in [0.5, 0.6) is 0 Å². The predicted octanol–water partition coefficient (Wildman–Crippen LogP) is 3.27. The first kappa shape index (κ1) is 21.6. The minimum absolute atomic E-state index is 0.0520. The van der Waals surface area contributed by atoms with Crippen LogP contribution in [0.25, 0.3) is 11.1 Å². The fraction of sp³-hybridized carbons (Fsp3) is 0.333. The molecule has 0 aliphatic carbocycles. The van der Waals surface area contributed by atoms with Crippen LogP contribution < -0.4 is 10.5 Å². The molecule has 160 valence electrons. The molecule has 9 heteroatoms. The van der Waals surface area contributed by atoms with Gasteiger partial charge in [-0.15, -0.1) is 0 Å². The minimum Gasteiger partial charge on any atom is -0.464 e. The molecule has 8 nitrogen and oxygen atoms in total. The van der Waals surface area contributed by atoms with Gasteiger partial charge in [-0.25, -0.2) is 13.2 Å². The normalized spacial score (nSPS) is 11.6. The average molecular weight is 432 g/mol. The number of hydrogen-bond donors (Lipinski definition) is 1. The lowest BCUT2D eigenvalue weighted by atomic mass is 10.1. The van der Waals surface area contributed by atoms with Crippen LogP contribution in [0.1, 0.15) is 30.0 Å². The summed E-state index contributed by atoms with van der Waals surface area (Å²) in [4.78, 5) is 23.9. The Balaban J connectivity index is 1.94. The highest BCUT2D eigenvalue weighted by Crippen LogP contribution is 2.26. The van der Waals surface area contributed by atoms with E-state index >= 15 is 0 Å². The Bertz CT molecular complexity index is 1250. The molecule has 0 aliphatic rings. The Morgan fingerprint density at radius 2 is 1.80 bits per heavy atom. The molecule has 2 aromatic carbocycles. The molecule has 3 rings (SSSR count). The van der Waals surface area contributed by atoms with Crippen molar-refractivity contribution in [3.63, 3.8) is 0 Å². The summed E-state index contributed by atoms with van der Waals surface area (Å²) < 4.78 is 39.7. The van der Waals surface area contributed by atoms with Crippen LogP contribution in [0.4, 0.5) is 5.69 Å². The van der Waals surface area contributed by atoms with Crippen LogP contribution in [-0.2, 0) is 26.1 Å². The van der Waals surface area contributed by atoms with Crippen molar-refractivity contribution < 1.29 is 22.4 Å². The summed E-state index contributed by atoms with van der Waals surface area (Å²) in [6.45, 7) is 7.42. The van der Waals surface area contributed by atoms with Crippen molar-refractivity contribution in [2.75, 3.05) is 11.3 Å². The molecule has 0 fully saturated rings. The van der Waals surface area contributed by atoms with Crippen molar-refractivity contribution in [3.05, 3.63) is 57.6 Å². The van der Waals surface area contributed by atoms with Gasteiger partial charge in [-0.3, -0.25) is 14.1 Å². The number of benzene rings is 2. The number of nitrogens with one attached hydrogen (secondary N) is 1. The molecule has 1 aromatic heterocycles. The quantitative estimate of drug-likeness (QED) is 0.574. The van der Waals surface area contributed by atoms with Gasteiger partial charge in [0.1, 0.15) is 6.54 Å². The third kappa shape index (κ3) is 4.40. The van der Waals surface area contributed by atoms with Crippen LogP contribution in [0.3, 0.4) is 0 Å². The number of oxazole rings is 1. The van der Waals surface area contributed by atoms with Crippen molar-refractivity contribution in [1.29, 1.82) is 0 Å². The summed E-state index contributed by atoms with van der Waals surface area (Å²) in [5, 5.41) is 0. The molecule has 0 saturated carbocycles. The molecule has 0 spiro atoms. The SMILES string of the molecule is CCCOC(=O)Cn1c(=O)oc2cc(S(=O)(=O)Nc3c(C)cc(C)cc3C)ccc21. The van der Waals surface area contributed by atoms with Crippen molar-refractivity contribution in [3.8, 4) is 0 Å². The maximum atomic E-state index is 12.9. The summed E-state index contributed by atoms with van der Waals surface area (Å²) >= 11 is 0. The number of fused-ring (bicyclic) bond motifs is 1. The highest BCUT2D eigenvalue weighted by Gasteiger charge is 2.20. The molecule has 1 heterocycles. The standard InChI is InChI=1S/C21H24N2O6S/c1-5-8-28-19(24)12-23-17-7-6-16(11-18(17)29-21(23)25)30(26,27)22-20-14(3)9-13(2)10-15(20)4/h6-7,9-11,22H,5,8,12H2,1-4H3. The number of aromatic nitrogens is 1. The average Bonchev–Trinajstić information content (AvgIpc) is 2.97. The lowest BCUT2D eigenvalue weighted by molar-refractivity contribution is -0.144. The van der Waals surface area contributed by atoms with E-state index in [2.05, 4.69) is 4.72 Å². The van der Waals surface area contributed by atoms with Crippen LogP contribution in [0, 0.1) is 20.8 Å². The van der Waals surface area contributed by atoms with Gasteiger partial charge in [0.25, 0.3) is 10.0 Å². The van der Waals surface area contributed by atoms with Gasteiger partial charge in [0, 0.05) is 6.07 Å². The zero-order chi connectivity index (χ0) is 22.1. The second-order valence-electron chi connectivity index (χ2n) is 7.18. The Hall–Kier alpha value is -3.07.